The molecule has 12 heavy (non-hydrogen) atoms. The van der Waals surface area contributed by atoms with Gasteiger partial charge in [-0.1, -0.05) is 13.8 Å². The highest BCUT2D eigenvalue weighted by Gasteiger charge is 2.00. The first kappa shape index (κ1) is 11.0. The zero-order chi connectivity index (χ0) is 9.56. The van der Waals surface area contributed by atoms with E-state index < -0.39 is 5.83 Å². The molecule has 0 fully saturated rings. The quantitative estimate of drug-likeness (QED) is 0.573. The molecule has 68 valence electrons. The van der Waals surface area contributed by atoms with Gasteiger partial charge in [0, 0.05) is 0 Å². The summed E-state index contributed by atoms with van der Waals surface area (Å²) in [6.07, 6.45) is 2.21. The Balaban J connectivity index is 4.61. The normalized spacial score (nSPS) is 14.8. The molecule has 0 rings (SSSR count). The Hall–Kier alpha value is -0.990. The maximum Gasteiger partial charge on any atom is 0.151 e. The minimum atomic E-state index is -1.00. The van der Waals surface area contributed by atoms with E-state index in [9.17, 15) is 13.2 Å². The second-order valence-electron chi connectivity index (χ2n) is 2.59. The van der Waals surface area contributed by atoms with Crippen LogP contribution in [0.1, 0.15) is 13.8 Å². The summed E-state index contributed by atoms with van der Waals surface area (Å²) in [7, 11) is 0. The highest BCUT2D eigenvalue weighted by molar-refractivity contribution is 5.26. The van der Waals surface area contributed by atoms with Gasteiger partial charge in [-0.15, -0.1) is 0 Å². The van der Waals surface area contributed by atoms with Gasteiger partial charge in [-0.3, -0.25) is 0 Å². The topological polar surface area (TPSA) is 0 Å². The first-order valence-electron chi connectivity index (χ1n) is 3.56. The van der Waals surface area contributed by atoms with Gasteiger partial charge in [-0.2, -0.15) is 0 Å². The van der Waals surface area contributed by atoms with Crippen LogP contribution < -0.4 is 0 Å². The maximum absolute atomic E-state index is 12.3. The number of rotatable bonds is 3. The van der Waals surface area contributed by atoms with E-state index in [-0.39, 0.29) is 12.2 Å². The highest BCUT2D eigenvalue weighted by atomic mass is 19.2. The third-order valence-corrected chi connectivity index (χ3v) is 1.33. The molecule has 0 aliphatic rings. The van der Waals surface area contributed by atoms with E-state index in [4.69, 9.17) is 0 Å². The summed E-state index contributed by atoms with van der Waals surface area (Å²) in [5, 5.41) is 0. The lowest BCUT2D eigenvalue weighted by Gasteiger charge is -2.03. The Bertz CT molecular complexity index is 212. The van der Waals surface area contributed by atoms with Gasteiger partial charge in [0.2, 0.25) is 0 Å². The van der Waals surface area contributed by atoms with Crippen molar-refractivity contribution < 1.29 is 13.2 Å². The van der Waals surface area contributed by atoms with Crippen LogP contribution in [0.5, 0.6) is 0 Å². The van der Waals surface area contributed by atoms with E-state index in [0.717, 1.165) is 12.2 Å². The average molecular weight is 176 g/mol. The first-order chi connectivity index (χ1) is 5.61. The van der Waals surface area contributed by atoms with Crippen LogP contribution in [0.2, 0.25) is 0 Å². The minimum absolute atomic E-state index is 0.0392. The predicted molar refractivity (Wildman–Crippen MR) is 43.5 cm³/mol. The summed E-state index contributed by atoms with van der Waals surface area (Å²) < 4.78 is 35.6. The van der Waals surface area contributed by atoms with Crippen molar-refractivity contribution in [3.8, 4) is 0 Å². The third kappa shape index (κ3) is 4.01. The number of halogens is 3. The molecule has 0 aromatic rings. The molecular weight excluding hydrogens is 165 g/mol. The second kappa shape index (κ2) is 5.63. The molecule has 0 radical (unpaired) electrons. The molecule has 0 unspecified atom stereocenters. The minimum Gasteiger partial charge on any atom is -0.216 e. The fourth-order valence-corrected chi connectivity index (χ4v) is 0.671. The number of hydrogen-bond acceptors (Lipinski definition) is 0. The molecule has 0 nitrogen and oxygen atoms in total. The van der Waals surface area contributed by atoms with E-state index in [2.05, 4.69) is 0 Å². The molecular formula is C9H11F3. The van der Waals surface area contributed by atoms with Gasteiger partial charge in [0.15, 0.2) is 5.83 Å². The van der Waals surface area contributed by atoms with Gasteiger partial charge in [-0.25, -0.2) is 13.2 Å². The van der Waals surface area contributed by atoms with E-state index in [1.165, 1.54) is 0 Å². The number of allylic oxidation sites excluding steroid dienone is 4. The van der Waals surface area contributed by atoms with E-state index in [0.29, 0.717) is 11.9 Å². The van der Waals surface area contributed by atoms with Crippen LogP contribution in [0, 0.1) is 5.92 Å². The summed E-state index contributed by atoms with van der Waals surface area (Å²) in [5.74, 6) is -1.04. The molecule has 0 aromatic carbocycles. The molecule has 0 bridgehead atoms. The standard InChI is InChI=1S/C9H11F3/c1-7(2)8(3-4-10)5-9(12)6-11/h3-7H,1-2H3/b4-3+,8-5+,9-6-. The molecule has 0 aliphatic carbocycles. The van der Waals surface area contributed by atoms with Crippen molar-refractivity contribution in [2.75, 3.05) is 0 Å². The van der Waals surface area contributed by atoms with Gasteiger partial charge >= 0.3 is 0 Å². The molecule has 0 heterocycles. The van der Waals surface area contributed by atoms with E-state index >= 15 is 0 Å². The van der Waals surface area contributed by atoms with Crippen molar-refractivity contribution in [3.63, 3.8) is 0 Å². The summed E-state index contributed by atoms with van der Waals surface area (Å²) in [4.78, 5) is 0. The molecule has 0 spiro atoms. The molecule has 3 heteroatoms. The van der Waals surface area contributed by atoms with Crippen molar-refractivity contribution in [3.05, 3.63) is 36.2 Å². The van der Waals surface area contributed by atoms with Crippen LogP contribution in [-0.2, 0) is 0 Å². The van der Waals surface area contributed by atoms with Crippen molar-refractivity contribution in [1.29, 1.82) is 0 Å². The number of hydrogen-bond donors (Lipinski definition) is 0. The lowest BCUT2D eigenvalue weighted by molar-refractivity contribution is 0.602. The summed E-state index contributed by atoms with van der Waals surface area (Å²) in [6, 6.07) is 0. The van der Waals surface area contributed by atoms with Gasteiger partial charge in [0.05, 0.1) is 6.33 Å². The summed E-state index contributed by atoms with van der Waals surface area (Å²) >= 11 is 0. The Labute approximate surface area is 70.1 Å². The van der Waals surface area contributed by atoms with Crippen LogP contribution in [0.25, 0.3) is 0 Å². The average Bonchev–Trinajstić information content (AvgIpc) is 2.03. The molecule has 0 saturated heterocycles. The molecule has 0 saturated carbocycles. The van der Waals surface area contributed by atoms with Crippen molar-refractivity contribution in [2.24, 2.45) is 5.92 Å². The van der Waals surface area contributed by atoms with Crippen molar-refractivity contribution in [2.45, 2.75) is 13.8 Å². The zero-order valence-corrected chi connectivity index (χ0v) is 7.02. The lowest BCUT2D eigenvalue weighted by atomic mass is 10.0. The third-order valence-electron chi connectivity index (χ3n) is 1.33. The molecule has 0 aromatic heterocycles. The van der Waals surface area contributed by atoms with Gasteiger partial charge in [0.25, 0.3) is 0 Å². The zero-order valence-electron chi connectivity index (χ0n) is 7.02. The van der Waals surface area contributed by atoms with Crippen LogP contribution in [0.4, 0.5) is 13.2 Å². The summed E-state index contributed by atoms with van der Waals surface area (Å²) in [5.41, 5.74) is 0.406. The fraction of sp³-hybridized carbons (Fsp3) is 0.333. The van der Waals surface area contributed by atoms with Gasteiger partial charge in [-0.05, 0) is 23.6 Å². The molecule has 0 atom stereocenters. The van der Waals surface area contributed by atoms with Crippen LogP contribution in [0.15, 0.2) is 36.2 Å². The van der Waals surface area contributed by atoms with Crippen molar-refractivity contribution >= 4 is 0 Å². The van der Waals surface area contributed by atoms with E-state index in [1.807, 2.05) is 0 Å². The summed E-state index contributed by atoms with van der Waals surface area (Å²) in [6.45, 7) is 3.52. The van der Waals surface area contributed by atoms with E-state index in [1.54, 1.807) is 13.8 Å². The SMILES string of the molecule is CC(C)C(=C/C(F)=C/F)/C=C/F. The molecule has 0 aliphatic heterocycles. The van der Waals surface area contributed by atoms with Gasteiger partial charge in [0.1, 0.15) is 6.33 Å². The first-order valence-corrected chi connectivity index (χ1v) is 3.56. The highest BCUT2D eigenvalue weighted by Crippen LogP contribution is 2.14. The Kier molecular flexibility index (Phi) is 5.17. The van der Waals surface area contributed by atoms with Crippen LogP contribution in [0.3, 0.4) is 0 Å². The maximum atomic E-state index is 12.3. The lowest BCUT2D eigenvalue weighted by Crippen LogP contribution is -1.90. The second-order valence-corrected chi connectivity index (χ2v) is 2.59. The van der Waals surface area contributed by atoms with Gasteiger partial charge < -0.3 is 0 Å². The Morgan fingerprint density at radius 2 is 1.83 bits per heavy atom. The Morgan fingerprint density at radius 1 is 1.25 bits per heavy atom. The smallest absolute Gasteiger partial charge is 0.151 e. The molecule has 0 amide bonds. The van der Waals surface area contributed by atoms with Crippen LogP contribution in [-0.4, -0.2) is 0 Å². The van der Waals surface area contributed by atoms with Crippen molar-refractivity contribution in [1.82, 2.24) is 0 Å². The fourth-order valence-electron chi connectivity index (χ4n) is 0.671. The predicted octanol–water partition coefficient (Wildman–Crippen LogP) is 3.83. The molecule has 0 N–H and O–H groups in total. The largest absolute Gasteiger partial charge is 0.216 e. The van der Waals surface area contributed by atoms with Crippen LogP contribution >= 0.6 is 0 Å². The Morgan fingerprint density at radius 3 is 2.17 bits per heavy atom. The monoisotopic (exact) mass is 176 g/mol.